The van der Waals surface area contributed by atoms with Crippen LogP contribution in [-0.2, 0) is 14.3 Å². The van der Waals surface area contributed by atoms with Crippen molar-refractivity contribution < 1.29 is 19.1 Å². The van der Waals surface area contributed by atoms with E-state index in [1.54, 1.807) is 18.2 Å². The van der Waals surface area contributed by atoms with Gasteiger partial charge in [0.15, 0.2) is 6.10 Å². The fourth-order valence-corrected chi connectivity index (χ4v) is 3.12. The third-order valence-electron chi connectivity index (χ3n) is 4.62. The van der Waals surface area contributed by atoms with Crippen molar-refractivity contribution in [1.29, 1.82) is 0 Å². The highest BCUT2D eigenvalue weighted by molar-refractivity contribution is 5.95. The smallest absolute Gasteiger partial charge is 0.338 e. The lowest BCUT2D eigenvalue weighted by Gasteiger charge is -2.22. The molecule has 1 unspecified atom stereocenters. The first-order chi connectivity index (χ1) is 14.9. The van der Waals surface area contributed by atoms with Gasteiger partial charge in [0, 0.05) is 12.6 Å². The molecule has 2 amide bonds. The first-order valence-corrected chi connectivity index (χ1v) is 9.93. The average molecular weight is 416 g/mol. The second kappa shape index (κ2) is 10.2. The molecule has 0 saturated heterocycles. The van der Waals surface area contributed by atoms with Crippen LogP contribution in [0.1, 0.15) is 41.4 Å². The summed E-state index contributed by atoms with van der Waals surface area (Å²) in [7, 11) is 0. The van der Waals surface area contributed by atoms with Crippen LogP contribution >= 0.6 is 0 Å². The Morgan fingerprint density at radius 2 is 1.39 bits per heavy atom. The minimum atomic E-state index is -1.01. The van der Waals surface area contributed by atoms with Crippen molar-refractivity contribution in [1.82, 2.24) is 5.32 Å². The number of nitrogens with one attached hydrogen (secondary N) is 2. The fraction of sp³-hybridized carbons (Fsp3) is 0.160. The minimum absolute atomic E-state index is 0.244. The number of hydrogen-bond donors (Lipinski definition) is 2. The van der Waals surface area contributed by atoms with Crippen LogP contribution < -0.4 is 10.6 Å². The van der Waals surface area contributed by atoms with Gasteiger partial charge in [-0.05, 0) is 36.2 Å². The molecule has 158 valence electrons. The lowest BCUT2D eigenvalue weighted by Crippen LogP contribution is -2.38. The van der Waals surface area contributed by atoms with Gasteiger partial charge in [-0.3, -0.25) is 9.59 Å². The van der Waals surface area contributed by atoms with Gasteiger partial charge in [0.2, 0.25) is 5.91 Å². The molecule has 3 aromatic carbocycles. The SMILES string of the molecule is CC(=O)Nc1cccc(C(=O)OC(C)C(=O)NC(c2ccccc2)c2ccccc2)c1. The Hall–Kier alpha value is -3.93. The van der Waals surface area contributed by atoms with Gasteiger partial charge in [0.1, 0.15) is 0 Å². The van der Waals surface area contributed by atoms with Crippen molar-refractivity contribution >= 4 is 23.5 Å². The maximum atomic E-state index is 12.8. The Balaban J connectivity index is 1.71. The summed E-state index contributed by atoms with van der Waals surface area (Å²) < 4.78 is 5.37. The zero-order valence-corrected chi connectivity index (χ0v) is 17.4. The highest BCUT2D eigenvalue weighted by atomic mass is 16.5. The molecule has 3 rings (SSSR count). The summed E-state index contributed by atoms with van der Waals surface area (Å²) in [5.74, 6) is -1.30. The maximum Gasteiger partial charge on any atom is 0.338 e. The Morgan fingerprint density at radius 3 is 1.94 bits per heavy atom. The van der Waals surface area contributed by atoms with Crippen LogP contribution in [0.15, 0.2) is 84.9 Å². The predicted molar refractivity (Wildman–Crippen MR) is 118 cm³/mol. The lowest BCUT2D eigenvalue weighted by molar-refractivity contribution is -0.129. The highest BCUT2D eigenvalue weighted by Crippen LogP contribution is 2.22. The molecule has 3 aromatic rings. The zero-order valence-electron chi connectivity index (χ0n) is 17.4. The van der Waals surface area contributed by atoms with E-state index in [-0.39, 0.29) is 17.5 Å². The number of anilines is 1. The van der Waals surface area contributed by atoms with E-state index in [0.717, 1.165) is 11.1 Å². The molecular weight excluding hydrogens is 392 g/mol. The second-order valence-corrected chi connectivity index (χ2v) is 7.07. The minimum Gasteiger partial charge on any atom is -0.449 e. The molecule has 0 aliphatic heterocycles. The first kappa shape index (κ1) is 21.8. The van der Waals surface area contributed by atoms with E-state index in [9.17, 15) is 14.4 Å². The third kappa shape index (κ3) is 6.02. The van der Waals surface area contributed by atoms with E-state index >= 15 is 0 Å². The fourth-order valence-electron chi connectivity index (χ4n) is 3.12. The third-order valence-corrected chi connectivity index (χ3v) is 4.62. The molecule has 2 N–H and O–H groups in total. The number of amides is 2. The number of carbonyl (C=O) groups excluding carboxylic acids is 3. The van der Waals surface area contributed by atoms with Gasteiger partial charge in [-0.1, -0.05) is 66.7 Å². The van der Waals surface area contributed by atoms with Crippen molar-refractivity contribution in [2.24, 2.45) is 0 Å². The van der Waals surface area contributed by atoms with Gasteiger partial charge in [-0.25, -0.2) is 4.79 Å². The van der Waals surface area contributed by atoms with Crippen molar-refractivity contribution in [3.05, 3.63) is 102 Å². The molecule has 31 heavy (non-hydrogen) atoms. The monoisotopic (exact) mass is 416 g/mol. The van der Waals surface area contributed by atoms with Crippen LogP contribution in [0, 0.1) is 0 Å². The number of carbonyl (C=O) groups is 3. The van der Waals surface area contributed by atoms with Gasteiger partial charge < -0.3 is 15.4 Å². The first-order valence-electron chi connectivity index (χ1n) is 9.93. The summed E-state index contributed by atoms with van der Waals surface area (Å²) in [4.78, 5) is 36.6. The second-order valence-electron chi connectivity index (χ2n) is 7.07. The summed E-state index contributed by atoms with van der Waals surface area (Å²) >= 11 is 0. The largest absolute Gasteiger partial charge is 0.449 e. The van der Waals surface area contributed by atoms with Crippen molar-refractivity contribution in [2.45, 2.75) is 26.0 Å². The van der Waals surface area contributed by atoms with E-state index in [4.69, 9.17) is 4.74 Å². The summed E-state index contributed by atoms with van der Waals surface area (Å²) in [5.41, 5.74) is 2.56. The number of esters is 1. The summed E-state index contributed by atoms with van der Waals surface area (Å²) in [6.45, 7) is 2.91. The summed E-state index contributed by atoms with van der Waals surface area (Å²) in [6, 6.07) is 25.2. The Kier molecular flexibility index (Phi) is 7.17. The van der Waals surface area contributed by atoms with Gasteiger partial charge >= 0.3 is 5.97 Å². The molecule has 0 radical (unpaired) electrons. The van der Waals surface area contributed by atoms with Crippen LogP contribution in [0.25, 0.3) is 0 Å². The Bertz CT molecular complexity index is 1010. The number of hydrogen-bond acceptors (Lipinski definition) is 4. The van der Waals surface area contributed by atoms with Crippen molar-refractivity contribution in [2.75, 3.05) is 5.32 Å². The van der Waals surface area contributed by atoms with Gasteiger partial charge in [-0.2, -0.15) is 0 Å². The zero-order chi connectivity index (χ0) is 22.2. The van der Waals surface area contributed by atoms with Crippen molar-refractivity contribution in [3.63, 3.8) is 0 Å². The Labute approximate surface area is 181 Å². The van der Waals surface area contributed by atoms with Gasteiger partial charge in [0.05, 0.1) is 11.6 Å². The Morgan fingerprint density at radius 1 is 0.806 bits per heavy atom. The molecular formula is C25H24N2O4. The van der Waals surface area contributed by atoms with E-state index in [1.165, 1.54) is 19.9 Å². The topological polar surface area (TPSA) is 84.5 Å². The summed E-state index contributed by atoms with van der Waals surface area (Å²) in [5, 5.41) is 5.58. The molecule has 0 aliphatic carbocycles. The number of benzene rings is 3. The quantitative estimate of drug-likeness (QED) is 0.568. The predicted octanol–water partition coefficient (Wildman–Crippen LogP) is 4.10. The van der Waals surface area contributed by atoms with Crippen LogP contribution in [-0.4, -0.2) is 23.9 Å². The molecule has 6 heteroatoms. The molecule has 0 aliphatic rings. The lowest BCUT2D eigenvalue weighted by atomic mass is 9.98. The average Bonchev–Trinajstić information content (AvgIpc) is 2.78. The van der Waals surface area contributed by atoms with Gasteiger partial charge in [-0.15, -0.1) is 0 Å². The van der Waals surface area contributed by atoms with Crippen LogP contribution in [0.2, 0.25) is 0 Å². The highest BCUT2D eigenvalue weighted by Gasteiger charge is 2.23. The van der Waals surface area contributed by atoms with E-state index in [1.807, 2.05) is 60.7 Å². The molecule has 0 spiro atoms. The van der Waals surface area contributed by atoms with Crippen LogP contribution in [0.4, 0.5) is 5.69 Å². The number of rotatable bonds is 7. The molecule has 0 heterocycles. The van der Waals surface area contributed by atoms with Gasteiger partial charge in [0.25, 0.3) is 5.91 Å². The normalized spacial score (nSPS) is 11.5. The van der Waals surface area contributed by atoms with E-state index < -0.39 is 18.0 Å². The molecule has 0 fully saturated rings. The standard InChI is InChI=1S/C25H24N2O4/c1-17(31-25(30)21-14-9-15-22(16-21)26-18(2)28)24(29)27-23(19-10-5-3-6-11-19)20-12-7-4-8-13-20/h3-17,23H,1-2H3,(H,26,28)(H,27,29). The van der Waals surface area contributed by atoms with Crippen LogP contribution in [0.5, 0.6) is 0 Å². The number of ether oxygens (including phenoxy) is 1. The molecule has 1 atom stereocenters. The molecule has 0 saturated carbocycles. The molecule has 0 aromatic heterocycles. The van der Waals surface area contributed by atoms with E-state index in [2.05, 4.69) is 10.6 Å². The maximum absolute atomic E-state index is 12.8. The van der Waals surface area contributed by atoms with Crippen molar-refractivity contribution in [3.8, 4) is 0 Å². The van der Waals surface area contributed by atoms with Crippen LogP contribution in [0.3, 0.4) is 0 Å². The summed E-state index contributed by atoms with van der Waals surface area (Å²) in [6.07, 6.45) is -1.01. The van der Waals surface area contributed by atoms with E-state index in [0.29, 0.717) is 5.69 Å². The molecule has 0 bridgehead atoms. The molecule has 6 nitrogen and oxygen atoms in total.